The average Bonchev–Trinajstić information content (AvgIpc) is 3.37. The molecule has 1 aromatic heterocycles. The van der Waals surface area contributed by atoms with Gasteiger partial charge in [0.1, 0.15) is 17.8 Å². The first-order valence-electron chi connectivity index (χ1n) is 11.0. The number of nitrogens with one attached hydrogen (secondary N) is 1. The van der Waals surface area contributed by atoms with Gasteiger partial charge in [-0.05, 0) is 47.7 Å². The molecule has 0 spiro atoms. The molecule has 0 bridgehead atoms. The number of aliphatic imine (C=N–C) groups is 1. The number of para-hydroxylation sites is 1. The van der Waals surface area contributed by atoms with Crippen LogP contribution in [0.1, 0.15) is 12.5 Å². The van der Waals surface area contributed by atoms with E-state index in [-0.39, 0.29) is 5.75 Å². The predicted molar refractivity (Wildman–Crippen MR) is 146 cm³/mol. The number of nitrogens with zero attached hydrogens (tertiary/aromatic N) is 5. The molecule has 38 heavy (non-hydrogen) atoms. The number of halogens is 5. The van der Waals surface area contributed by atoms with Gasteiger partial charge in [-0.25, -0.2) is 14.7 Å². The molecular formula is C25H19Cl2F3N6OS. The van der Waals surface area contributed by atoms with Crippen LogP contribution in [0.15, 0.2) is 83.2 Å². The minimum Gasteiger partial charge on any atom is -0.406 e. The lowest BCUT2D eigenvalue weighted by atomic mass is 10.1. The fourth-order valence-electron chi connectivity index (χ4n) is 3.12. The molecule has 0 unspecified atom stereocenters. The molecule has 0 aliphatic rings. The summed E-state index contributed by atoms with van der Waals surface area (Å²) in [7, 11) is 0. The van der Waals surface area contributed by atoms with Gasteiger partial charge in [-0.3, -0.25) is 5.43 Å². The summed E-state index contributed by atoms with van der Waals surface area (Å²) in [5, 5.41) is 10.1. The quantitative estimate of drug-likeness (QED) is 0.139. The van der Waals surface area contributed by atoms with Crippen molar-refractivity contribution in [3.8, 4) is 22.8 Å². The van der Waals surface area contributed by atoms with Crippen molar-refractivity contribution in [1.29, 1.82) is 0 Å². The number of hydrazone groups is 1. The van der Waals surface area contributed by atoms with E-state index in [0.29, 0.717) is 32.4 Å². The summed E-state index contributed by atoms with van der Waals surface area (Å²) in [6.07, 6.45) is -1.63. The van der Waals surface area contributed by atoms with Crippen molar-refractivity contribution >= 4 is 52.0 Å². The van der Waals surface area contributed by atoms with Gasteiger partial charge < -0.3 is 4.74 Å². The average molecular weight is 579 g/mol. The standard InChI is InChI=1S/C25H19Cl2F3N6OS/c1-2-38-24(33-22-20(26)4-3-5-21(22)27)34-32-14-16-6-8-17(9-7-16)23-31-15-36(35-23)18-10-12-19(13-11-18)37-25(28,29)30/h3-15H,2H2,1H3,(H,33,34)/b32-14+. The Hall–Kier alpha value is -3.54. The number of rotatable bonds is 7. The molecule has 3 aromatic carbocycles. The van der Waals surface area contributed by atoms with Gasteiger partial charge in [0.2, 0.25) is 0 Å². The zero-order valence-electron chi connectivity index (χ0n) is 19.7. The summed E-state index contributed by atoms with van der Waals surface area (Å²) < 4.78 is 42.4. The van der Waals surface area contributed by atoms with Gasteiger partial charge in [-0.1, -0.05) is 72.2 Å². The maximum atomic E-state index is 12.4. The Morgan fingerprint density at radius 2 is 1.74 bits per heavy atom. The van der Waals surface area contributed by atoms with Gasteiger partial charge in [-0.2, -0.15) is 5.10 Å². The number of ether oxygens (including phenoxy) is 1. The molecule has 0 saturated carbocycles. The van der Waals surface area contributed by atoms with E-state index in [1.807, 2.05) is 31.2 Å². The lowest BCUT2D eigenvalue weighted by molar-refractivity contribution is -0.274. The molecule has 0 aliphatic carbocycles. The summed E-state index contributed by atoms with van der Waals surface area (Å²) in [5.74, 6) is 0.906. The molecule has 4 rings (SSSR count). The Balaban J connectivity index is 1.41. The van der Waals surface area contributed by atoms with Gasteiger partial charge in [-0.15, -0.1) is 18.3 Å². The number of alkyl halides is 3. The zero-order chi connectivity index (χ0) is 27.1. The normalized spacial score (nSPS) is 12.2. The molecule has 4 aromatic rings. The minimum atomic E-state index is -4.75. The van der Waals surface area contributed by atoms with Crippen molar-refractivity contribution < 1.29 is 17.9 Å². The molecule has 0 radical (unpaired) electrons. The van der Waals surface area contributed by atoms with Crippen molar-refractivity contribution in [2.75, 3.05) is 5.75 Å². The van der Waals surface area contributed by atoms with Crippen LogP contribution in [0.25, 0.3) is 17.1 Å². The highest BCUT2D eigenvalue weighted by Gasteiger charge is 2.31. The first kappa shape index (κ1) is 27.5. The highest BCUT2D eigenvalue weighted by molar-refractivity contribution is 8.13. The van der Waals surface area contributed by atoms with Crippen molar-refractivity contribution in [3.63, 3.8) is 0 Å². The van der Waals surface area contributed by atoms with Gasteiger partial charge in [0.05, 0.1) is 21.9 Å². The van der Waals surface area contributed by atoms with Crippen molar-refractivity contribution in [1.82, 2.24) is 20.2 Å². The van der Waals surface area contributed by atoms with Crippen LogP contribution < -0.4 is 10.2 Å². The maximum absolute atomic E-state index is 12.4. The molecule has 0 amide bonds. The van der Waals surface area contributed by atoms with E-state index in [1.54, 1.807) is 24.4 Å². The van der Waals surface area contributed by atoms with E-state index < -0.39 is 6.36 Å². The fraction of sp³-hybridized carbons (Fsp3) is 0.120. The van der Waals surface area contributed by atoms with Crippen LogP contribution in [-0.2, 0) is 0 Å². The molecule has 1 N–H and O–H groups in total. The van der Waals surface area contributed by atoms with Crippen LogP contribution in [0.2, 0.25) is 10.0 Å². The minimum absolute atomic E-state index is 0.312. The summed E-state index contributed by atoms with van der Waals surface area (Å²) in [6, 6.07) is 17.9. The van der Waals surface area contributed by atoms with E-state index in [4.69, 9.17) is 23.2 Å². The van der Waals surface area contributed by atoms with E-state index in [2.05, 4.69) is 30.3 Å². The molecule has 0 aliphatic heterocycles. The number of hydrogen-bond donors (Lipinski definition) is 1. The first-order chi connectivity index (χ1) is 18.2. The summed E-state index contributed by atoms with van der Waals surface area (Å²) >= 11 is 13.9. The molecular weight excluding hydrogens is 560 g/mol. The monoisotopic (exact) mass is 578 g/mol. The van der Waals surface area contributed by atoms with E-state index in [0.717, 1.165) is 16.9 Å². The molecule has 196 valence electrons. The number of benzene rings is 3. The van der Waals surface area contributed by atoms with Crippen molar-refractivity contribution in [2.45, 2.75) is 13.3 Å². The van der Waals surface area contributed by atoms with Crippen LogP contribution in [0.4, 0.5) is 18.9 Å². The Bertz CT molecular complexity index is 1420. The third-order valence-corrected chi connectivity index (χ3v) is 6.16. The highest BCUT2D eigenvalue weighted by atomic mass is 35.5. The first-order valence-corrected chi connectivity index (χ1v) is 12.8. The van der Waals surface area contributed by atoms with E-state index in [1.165, 1.54) is 47.0 Å². The largest absolute Gasteiger partial charge is 0.573 e. The second-order valence-corrected chi connectivity index (χ2v) is 9.53. The molecule has 0 fully saturated rings. The van der Waals surface area contributed by atoms with Gasteiger partial charge >= 0.3 is 6.36 Å². The van der Waals surface area contributed by atoms with E-state index >= 15 is 0 Å². The number of hydrogen-bond acceptors (Lipinski definition) is 6. The van der Waals surface area contributed by atoms with Gasteiger partial charge in [0, 0.05) is 5.56 Å². The van der Waals surface area contributed by atoms with Crippen LogP contribution in [0.3, 0.4) is 0 Å². The Labute approximate surface area is 230 Å². The summed E-state index contributed by atoms with van der Waals surface area (Å²) in [4.78, 5) is 8.78. The lowest BCUT2D eigenvalue weighted by Gasteiger charge is -2.09. The molecule has 0 saturated heterocycles. The summed E-state index contributed by atoms with van der Waals surface area (Å²) in [6.45, 7) is 1.99. The summed E-state index contributed by atoms with van der Waals surface area (Å²) in [5.41, 5.74) is 5.50. The lowest BCUT2D eigenvalue weighted by Crippen LogP contribution is -2.17. The number of thioether (sulfide) groups is 1. The van der Waals surface area contributed by atoms with Gasteiger partial charge in [0.25, 0.3) is 0 Å². The van der Waals surface area contributed by atoms with Crippen molar-refractivity contribution in [3.05, 3.63) is 88.7 Å². The molecule has 7 nitrogen and oxygen atoms in total. The van der Waals surface area contributed by atoms with Crippen LogP contribution in [0.5, 0.6) is 5.75 Å². The third-order valence-electron chi connectivity index (χ3n) is 4.80. The fourth-order valence-corrected chi connectivity index (χ4v) is 4.15. The van der Waals surface area contributed by atoms with Gasteiger partial charge in [0.15, 0.2) is 11.0 Å². The van der Waals surface area contributed by atoms with Crippen LogP contribution in [-0.4, -0.2) is 38.3 Å². The van der Waals surface area contributed by atoms with Crippen LogP contribution >= 0.6 is 35.0 Å². The predicted octanol–water partition coefficient (Wildman–Crippen LogP) is 7.50. The third kappa shape index (κ3) is 7.50. The van der Waals surface area contributed by atoms with Crippen LogP contribution in [0, 0.1) is 0 Å². The number of amidine groups is 1. The SMILES string of the molecule is CCS/C(=N\c1c(Cl)cccc1Cl)N/N=C/c1ccc(-c2ncn(-c3ccc(OC(F)(F)F)cc3)n2)cc1. The second-order valence-electron chi connectivity index (χ2n) is 7.47. The molecule has 0 atom stereocenters. The van der Waals surface area contributed by atoms with E-state index in [9.17, 15) is 13.2 Å². The number of aromatic nitrogens is 3. The Kier molecular flexibility index (Phi) is 8.93. The Morgan fingerprint density at radius 1 is 1.05 bits per heavy atom. The zero-order valence-corrected chi connectivity index (χ0v) is 22.0. The van der Waals surface area contributed by atoms with Crippen molar-refractivity contribution in [2.24, 2.45) is 10.1 Å². The molecule has 13 heteroatoms. The maximum Gasteiger partial charge on any atom is 0.573 e. The topological polar surface area (TPSA) is 76.7 Å². The highest BCUT2D eigenvalue weighted by Crippen LogP contribution is 2.33. The smallest absolute Gasteiger partial charge is 0.406 e. The molecule has 1 heterocycles. The Morgan fingerprint density at radius 3 is 2.37 bits per heavy atom. The second kappa shape index (κ2) is 12.3.